The quantitative estimate of drug-likeness (QED) is 0.869. The maximum absolute atomic E-state index is 13.4. The van der Waals surface area contributed by atoms with Crippen molar-refractivity contribution in [1.29, 1.82) is 0 Å². The van der Waals surface area contributed by atoms with Crippen LogP contribution in [0.2, 0.25) is 5.15 Å². The Balaban J connectivity index is 2.33. The largest absolute Gasteiger partial charge is 0.329 e. The number of hydrogen-bond donors (Lipinski definition) is 1. The molecule has 1 saturated carbocycles. The van der Waals surface area contributed by atoms with E-state index in [2.05, 4.69) is 11.9 Å². The van der Waals surface area contributed by atoms with Gasteiger partial charge in [-0.1, -0.05) is 18.5 Å². The summed E-state index contributed by atoms with van der Waals surface area (Å²) in [6, 6.07) is -0.225. The number of aromatic nitrogens is 2. The summed E-state index contributed by atoms with van der Waals surface area (Å²) >= 11 is 7.24. The number of aromatic amines is 1. The molecule has 100 valence electrons. The Morgan fingerprint density at radius 3 is 2.89 bits per heavy atom. The molecule has 0 aliphatic heterocycles. The lowest BCUT2D eigenvalue weighted by molar-refractivity contribution is 0.452. The van der Waals surface area contributed by atoms with Crippen molar-refractivity contribution < 1.29 is 4.39 Å². The van der Waals surface area contributed by atoms with E-state index in [1.54, 1.807) is 0 Å². The Morgan fingerprint density at radius 1 is 1.50 bits per heavy atom. The molecule has 1 aliphatic rings. The van der Waals surface area contributed by atoms with E-state index in [1.807, 2.05) is 11.8 Å². The molecule has 0 amide bonds. The second-order valence-electron chi connectivity index (χ2n) is 4.28. The highest BCUT2D eigenvalue weighted by Crippen LogP contribution is 2.35. The summed E-state index contributed by atoms with van der Waals surface area (Å²) in [6.07, 6.45) is 2.39. The number of nitrogens with one attached hydrogen (secondary N) is 1. The molecule has 0 spiro atoms. The van der Waals surface area contributed by atoms with Crippen LogP contribution in [0.4, 0.5) is 4.39 Å². The molecular weight excluding hydrogens is 279 g/mol. The van der Waals surface area contributed by atoms with Crippen molar-refractivity contribution in [3.8, 4) is 0 Å². The number of hydrogen-bond acceptors (Lipinski definition) is 3. The highest BCUT2D eigenvalue weighted by Gasteiger charge is 2.29. The SMILES string of the molecule is CCSC1CCC(n2c(=O)[nH]c(Cl)c(F)c2=O)C1. The topological polar surface area (TPSA) is 54.9 Å². The Labute approximate surface area is 113 Å². The molecule has 1 N–H and O–H groups in total. The van der Waals surface area contributed by atoms with Gasteiger partial charge in [-0.05, 0) is 25.0 Å². The lowest BCUT2D eigenvalue weighted by atomic mass is 10.2. The van der Waals surface area contributed by atoms with Gasteiger partial charge in [0.15, 0.2) is 5.15 Å². The smallest absolute Gasteiger partial charge is 0.295 e. The van der Waals surface area contributed by atoms with E-state index in [0.29, 0.717) is 5.25 Å². The van der Waals surface area contributed by atoms with Crippen LogP contribution in [0.5, 0.6) is 0 Å². The highest BCUT2D eigenvalue weighted by atomic mass is 35.5. The maximum atomic E-state index is 13.4. The molecule has 0 bridgehead atoms. The van der Waals surface area contributed by atoms with Crippen LogP contribution in [-0.4, -0.2) is 20.6 Å². The van der Waals surface area contributed by atoms with Gasteiger partial charge in [0.05, 0.1) is 0 Å². The third-order valence-corrected chi connectivity index (χ3v) is 4.65. The number of rotatable bonds is 3. The fraction of sp³-hybridized carbons (Fsp3) is 0.636. The second-order valence-corrected chi connectivity index (χ2v) is 6.23. The molecular formula is C11H14ClFN2O2S. The molecule has 1 fully saturated rings. The molecule has 1 aromatic rings. The molecule has 7 heteroatoms. The minimum atomic E-state index is -1.08. The zero-order valence-electron chi connectivity index (χ0n) is 9.91. The van der Waals surface area contributed by atoms with Crippen molar-refractivity contribution in [3.05, 3.63) is 31.8 Å². The first-order chi connectivity index (χ1) is 8.54. The van der Waals surface area contributed by atoms with E-state index in [-0.39, 0.29) is 6.04 Å². The minimum Gasteiger partial charge on any atom is -0.295 e. The average Bonchev–Trinajstić information content (AvgIpc) is 2.75. The monoisotopic (exact) mass is 292 g/mol. The third-order valence-electron chi connectivity index (χ3n) is 3.16. The van der Waals surface area contributed by atoms with Gasteiger partial charge < -0.3 is 0 Å². The Hall–Kier alpha value is -0.750. The zero-order chi connectivity index (χ0) is 13.3. The Kier molecular flexibility index (Phi) is 4.17. The van der Waals surface area contributed by atoms with E-state index >= 15 is 0 Å². The van der Waals surface area contributed by atoms with Crippen molar-refractivity contribution in [2.75, 3.05) is 5.75 Å². The number of H-pyrrole nitrogens is 1. The molecule has 1 aliphatic carbocycles. The molecule has 2 unspecified atom stereocenters. The summed E-state index contributed by atoms with van der Waals surface area (Å²) in [5, 5.41) is -0.0798. The first-order valence-electron chi connectivity index (χ1n) is 5.86. The third kappa shape index (κ3) is 2.49. The van der Waals surface area contributed by atoms with Gasteiger partial charge in [0.1, 0.15) is 0 Å². The van der Waals surface area contributed by atoms with Crippen LogP contribution in [0.25, 0.3) is 0 Å². The van der Waals surface area contributed by atoms with Gasteiger partial charge in [0.25, 0.3) is 5.56 Å². The standard InChI is InChI=1S/C11H14ClFN2O2S/c1-2-18-7-4-3-6(5-7)15-10(16)8(13)9(12)14-11(15)17/h6-7H,2-5H2,1H3,(H,14,17). The van der Waals surface area contributed by atoms with Crippen molar-refractivity contribution in [2.24, 2.45) is 0 Å². The summed E-state index contributed by atoms with van der Waals surface area (Å²) in [6.45, 7) is 2.07. The van der Waals surface area contributed by atoms with Gasteiger partial charge in [-0.15, -0.1) is 0 Å². The summed E-state index contributed by atoms with van der Waals surface area (Å²) < 4.78 is 14.4. The van der Waals surface area contributed by atoms with Gasteiger partial charge in [-0.3, -0.25) is 14.3 Å². The van der Waals surface area contributed by atoms with Crippen LogP contribution < -0.4 is 11.2 Å². The van der Waals surface area contributed by atoms with Gasteiger partial charge >= 0.3 is 5.69 Å². The molecule has 1 heterocycles. The molecule has 0 aromatic carbocycles. The van der Waals surface area contributed by atoms with Crippen molar-refractivity contribution in [3.63, 3.8) is 0 Å². The fourth-order valence-electron chi connectivity index (χ4n) is 2.37. The summed E-state index contributed by atoms with van der Waals surface area (Å²) in [4.78, 5) is 25.6. The molecule has 0 radical (unpaired) electrons. The predicted octanol–water partition coefficient (Wildman–Crippen LogP) is 2.18. The second kappa shape index (κ2) is 5.48. The summed E-state index contributed by atoms with van der Waals surface area (Å²) in [7, 11) is 0. The molecule has 2 atom stereocenters. The molecule has 1 aromatic heterocycles. The van der Waals surface area contributed by atoms with Crippen LogP contribution in [0.1, 0.15) is 32.2 Å². The van der Waals surface area contributed by atoms with E-state index in [0.717, 1.165) is 29.6 Å². The van der Waals surface area contributed by atoms with E-state index < -0.39 is 22.2 Å². The first-order valence-corrected chi connectivity index (χ1v) is 7.28. The van der Waals surface area contributed by atoms with Gasteiger partial charge in [0, 0.05) is 11.3 Å². The summed E-state index contributed by atoms with van der Waals surface area (Å²) in [5.41, 5.74) is -1.55. The average molecular weight is 293 g/mol. The van der Waals surface area contributed by atoms with E-state index in [4.69, 9.17) is 11.6 Å². The number of halogens is 2. The first kappa shape index (κ1) is 13.7. The van der Waals surface area contributed by atoms with E-state index in [9.17, 15) is 14.0 Å². The normalized spacial score (nSPS) is 23.5. The fourth-order valence-corrected chi connectivity index (χ4v) is 3.67. The zero-order valence-corrected chi connectivity index (χ0v) is 11.5. The molecule has 18 heavy (non-hydrogen) atoms. The predicted molar refractivity (Wildman–Crippen MR) is 71.1 cm³/mol. The number of nitrogens with zero attached hydrogens (tertiary/aromatic N) is 1. The van der Waals surface area contributed by atoms with Crippen LogP contribution >= 0.6 is 23.4 Å². The van der Waals surface area contributed by atoms with Gasteiger partial charge in [-0.2, -0.15) is 16.2 Å². The van der Waals surface area contributed by atoms with Crippen LogP contribution in [0.3, 0.4) is 0 Å². The Morgan fingerprint density at radius 2 is 2.22 bits per heavy atom. The molecule has 2 rings (SSSR count). The van der Waals surface area contributed by atoms with Gasteiger partial charge in [0.2, 0.25) is 5.82 Å². The summed E-state index contributed by atoms with van der Waals surface area (Å²) in [5.74, 6) is -0.0830. The molecule has 0 saturated heterocycles. The van der Waals surface area contributed by atoms with Gasteiger partial charge in [-0.25, -0.2) is 4.79 Å². The van der Waals surface area contributed by atoms with E-state index in [1.165, 1.54) is 0 Å². The lowest BCUT2D eigenvalue weighted by Crippen LogP contribution is -2.39. The lowest BCUT2D eigenvalue weighted by Gasteiger charge is -2.13. The maximum Gasteiger partial charge on any atom is 0.329 e. The Bertz CT molecular complexity index is 557. The van der Waals surface area contributed by atoms with Crippen LogP contribution in [0, 0.1) is 5.82 Å². The van der Waals surface area contributed by atoms with Crippen molar-refractivity contribution >= 4 is 23.4 Å². The van der Waals surface area contributed by atoms with Crippen LogP contribution in [-0.2, 0) is 0 Å². The highest BCUT2D eigenvalue weighted by molar-refractivity contribution is 7.99. The van der Waals surface area contributed by atoms with Crippen molar-refractivity contribution in [1.82, 2.24) is 9.55 Å². The molecule has 4 nitrogen and oxygen atoms in total. The van der Waals surface area contributed by atoms with Crippen molar-refractivity contribution in [2.45, 2.75) is 37.5 Å². The van der Waals surface area contributed by atoms with Crippen LogP contribution in [0.15, 0.2) is 9.59 Å². The minimum absolute atomic E-state index is 0.225. The number of thioether (sulfide) groups is 1.